The van der Waals surface area contributed by atoms with Crippen molar-refractivity contribution < 1.29 is 4.42 Å². The molecule has 3 nitrogen and oxygen atoms in total. The van der Waals surface area contributed by atoms with Crippen LogP contribution in [0, 0.1) is 0 Å². The van der Waals surface area contributed by atoms with Crippen LogP contribution in [0.4, 0.5) is 0 Å². The lowest BCUT2D eigenvalue weighted by Gasteiger charge is -1.97. The Morgan fingerprint density at radius 2 is 2.20 bits per heavy atom. The fraction of sp³-hybridized carbons (Fsp3) is 0.200. The number of nitrogens with zero attached hydrogens (tertiary/aromatic N) is 2. The summed E-state index contributed by atoms with van der Waals surface area (Å²) in [5.74, 6) is 1.13. The van der Waals surface area contributed by atoms with Crippen molar-refractivity contribution in [3.05, 3.63) is 33.6 Å². The predicted molar refractivity (Wildman–Crippen MR) is 61.8 cm³/mol. The number of aromatic nitrogens is 2. The van der Waals surface area contributed by atoms with Crippen molar-refractivity contribution in [2.24, 2.45) is 0 Å². The van der Waals surface area contributed by atoms with Gasteiger partial charge in [0, 0.05) is 16.5 Å². The highest BCUT2D eigenvalue weighted by Gasteiger charge is 2.08. The summed E-state index contributed by atoms with van der Waals surface area (Å²) in [7, 11) is 0. The van der Waals surface area contributed by atoms with Gasteiger partial charge in [0.05, 0.1) is 5.02 Å². The molecule has 0 fully saturated rings. The fourth-order valence-corrected chi connectivity index (χ4v) is 1.57. The minimum Gasteiger partial charge on any atom is -0.421 e. The van der Waals surface area contributed by atoms with Crippen LogP contribution in [0.2, 0.25) is 5.02 Å². The van der Waals surface area contributed by atoms with E-state index in [4.69, 9.17) is 16.0 Å². The van der Waals surface area contributed by atoms with E-state index < -0.39 is 0 Å². The monoisotopic (exact) mass is 286 g/mol. The van der Waals surface area contributed by atoms with Crippen LogP contribution in [0.5, 0.6) is 0 Å². The molecule has 5 heteroatoms. The molecular formula is C10H8BrClN2O. The Balaban J connectivity index is 2.40. The number of benzene rings is 1. The molecule has 0 atom stereocenters. The molecule has 0 unspecified atom stereocenters. The lowest BCUT2D eigenvalue weighted by molar-refractivity contribution is 0.513. The van der Waals surface area contributed by atoms with Crippen molar-refractivity contribution >= 4 is 27.5 Å². The summed E-state index contributed by atoms with van der Waals surface area (Å²) in [6, 6.07) is 5.52. The second-order valence-electron chi connectivity index (χ2n) is 2.98. The van der Waals surface area contributed by atoms with Gasteiger partial charge in [-0.1, -0.05) is 18.5 Å². The highest BCUT2D eigenvalue weighted by molar-refractivity contribution is 9.10. The third-order valence-corrected chi connectivity index (χ3v) is 3.17. The maximum atomic E-state index is 5.97. The summed E-state index contributed by atoms with van der Waals surface area (Å²) in [6.45, 7) is 1.96. The SMILES string of the molecule is CCc1nnc(-c2ccc(Br)c(Cl)c2)o1. The molecule has 0 bridgehead atoms. The van der Waals surface area contributed by atoms with Crippen LogP contribution in [0.3, 0.4) is 0 Å². The Morgan fingerprint density at radius 3 is 2.80 bits per heavy atom. The zero-order chi connectivity index (χ0) is 10.8. The minimum absolute atomic E-state index is 0.501. The molecule has 1 heterocycles. The van der Waals surface area contributed by atoms with Crippen molar-refractivity contribution in [3.63, 3.8) is 0 Å². The van der Waals surface area contributed by atoms with Crippen LogP contribution in [0.1, 0.15) is 12.8 Å². The molecule has 1 aromatic carbocycles. The molecule has 0 saturated carbocycles. The van der Waals surface area contributed by atoms with E-state index >= 15 is 0 Å². The molecule has 0 radical (unpaired) electrons. The van der Waals surface area contributed by atoms with Gasteiger partial charge in [0.25, 0.3) is 0 Å². The van der Waals surface area contributed by atoms with Crippen molar-refractivity contribution in [2.75, 3.05) is 0 Å². The smallest absolute Gasteiger partial charge is 0.247 e. The van der Waals surface area contributed by atoms with E-state index in [1.54, 1.807) is 6.07 Å². The summed E-state index contributed by atoms with van der Waals surface area (Å²) in [5.41, 5.74) is 0.829. The Morgan fingerprint density at radius 1 is 1.40 bits per heavy atom. The summed E-state index contributed by atoms with van der Waals surface area (Å²) < 4.78 is 6.27. The van der Waals surface area contributed by atoms with Crippen LogP contribution in [-0.4, -0.2) is 10.2 Å². The normalized spacial score (nSPS) is 10.6. The highest BCUT2D eigenvalue weighted by Crippen LogP contribution is 2.28. The van der Waals surface area contributed by atoms with Crippen molar-refractivity contribution in [2.45, 2.75) is 13.3 Å². The Bertz CT molecular complexity index is 484. The molecule has 0 N–H and O–H groups in total. The van der Waals surface area contributed by atoms with Gasteiger partial charge in [-0.3, -0.25) is 0 Å². The molecule has 2 aromatic rings. The van der Waals surface area contributed by atoms with Gasteiger partial charge in [-0.2, -0.15) is 0 Å². The van der Waals surface area contributed by atoms with E-state index in [2.05, 4.69) is 26.1 Å². The first-order valence-electron chi connectivity index (χ1n) is 4.48. The third kappa shape index (κ3) is 2.21. The summed E-state index contributed by atoms with van der Waals surface area (Å²) >= 11 is 9.29. The summed E-state index contributed by atoms with van der Waals surface area (Å²) in [6.07, 6.45) is 0.733. The van der Waals surface area contributed by atoms with Gasteiger partial charge in [-0.15, -0.1) is 10.2 Å². The molecule has 0 aliphatic carbocycles. The standard InChI is InChI=1S/C10H8BrClN2O/c1-2-9-13-14-10(15-9)6-3-4-7(11)8(12)5-6/h3-5H,2H2,1H3. The molecule has 78 valence electrons. The molecule has 0 amide bonds. The Hall–Kier alpha value is -0.870. The quantitative estimate of drug-likeness (QED) is 0.845. The average Bonchev–Trinajstić information content (AvgIpc) is 2.70. The molecule has 0 spiro atoms. The predicted octanol–water partition coefficient (Wildman–Crippen LogP) is 3.71. The number of hydrogen-bond donors (Lipinski definition) is 0. The lowest BCUT2D eigenvalue weighted by Crippen LogP contribution is -1.78. The van der Waals surface area contributed by atoms with Gasteiger partial charge in [0.1, 0.15) is 0 Å². The van der Waals surface area contributed by atoms with Gasteiger partial charge in [0.15, 0.2) is 0 Å². The molecule has 0 aliphatic heterocycles. The average molecular weight is 288 g/mol. The van der Waals surface area contributed by atoms with Gasteiger partial charge in [-0.05, 0) is 34.1 Å². The largest absolute Gasteiger partial charge is 0.421 e. The van der Waals surface area contributed by atoms with E-state index in [0.29, 0.717) is 16.8 Å². The van der Waals surface area contributed by atoms with E-state index in [1.807, 2.05) is 19.1 Å². The van der Waals surface area contributed by atoms with Crippen LogP contribution in [-0.2, 0) is 6.42 Å². The van der Waals surface area contributed by atoms with E-state index in [1.165, 1.54) is 0 Å². The van der Waals surface area contributed by atoms with E-state index in [9.17, 15) is 0 Å². The topological polar surface area (TPSA) is 38.9 Å². The van der Waals surface area contributed by atoms with Gasteiger partial charge < -0.3 is 4.42 Å². The second-order valence-corrected chi connectivity index (χ2v) is 4.24. The first-order valence-corrected chi connectivity index (χ1v) is 5.65. The Kier molecular flexibility index (Phi) is 3.07. The summed E-state index contributed by atoms with van der Waals surface area (Å²) in [4.78, 5) is 0. The van der Waals surface area contributed by atoms with Crippen molar-refractivity contribution in [1.29, 1.82) is 0 Å². The van der Waals surface area contributed by atoms with E-state index in [-0.39, 0.29) is 0 Å². The first kappa shape index (κ1) is 10.6. The first-order chi connectivity index (χ1) is 7.20. The Labute approximate surface area is 101 Å². The third-order valence-electron chi connectivity index (χ3n) is 1.94. The lowest BCUT2D eigenvalue weighted by atomic mass is 10.2. The van der Waals surface area contributed by atoms with Gasteiger partial charge >= 0.3 is 0 Å². The van der Waals surface area contributed by atoms with Gasteiger partial charge in [-0.25, -0.2) is 0 Å². The van der Waals surface area contributed by atoms with Gasteiger partial charge in [0.2, 0.25) is 11.8 Å². The number of aryl methyl sites for hydroxylation is 1. The van der Waals surface area contributed by atoms with Crippen molar-refractivity contribution in [1.82, 2.24) is 10.2 Å². The molecule has 15 heavy (non-hydrogen) atoms. The maximum Gasteiger partial charge on any atom is 0.247 e. The molecule has 1 aromatic heterocycles. The second kappa shape index (κ2) is 4.33. The van der Waals surface area contributed by atoms with Crippen LogP contribution in [0.15, 0.2) is 27.1 Å². The molecular weight excluding hydrogens is 279 g/mol. The summed E-state index contributed by atoms with van der Waals surface area (Å²) in [5, 5.41) is 8.46. The van der Waals surface area contributed by atoms with Crippen molar-refractivity contribution in [3.8, 4) is 11.5 Å². The number of halogens is 2. The van der Waals surface area contributed by atoms with E-state index in [0.717, 1.165) is 16.5 Å². The maximum absolute atomic E-state index is 5.97. The van der Waals surface area contributed by atoms with Crippen LogP contribution in [0.25, 0.3) is 11.5 Å². The number of rotatable bonds is 2. The molecule has 0 saturated heterocycles. The molecule has 2 rings (SSSR count). The minimum atomic E-state index is 0.501. The molecule has 0 aliphatic rings. The zero-order valence-electron chi connectivity index (χ0n) is 8.00. The van der Waals surface area contributed by atoms with Crippen LogP contribution >= 0.6 is 27.5 Å². The zero-order valence-corrected chi connectivity index (χ0v) is 10.3. The van der Waals surface area contributed by atoms with Crippen LogP contribution < -0.4 is 0 Å². The number of hydrogen-bond acceptors (Lipinski definition) is 3. The highest BCUT2D eigenvalue weighted by atomic mass is 79.9. The fourth-order valence-electron chi connectivity index (χ4n) is 1.14.